The van der Waals surface area contributed by atoms with E-state index in [4.69, 9.17) is 0 Å². The van der Waals surface area contributed by atoms with Gasteiger partial charge in [0.05, 0.1) is 0 Å². The lowest BCUT2D eigenvalue weighted by molar-refractivity contribution is 0.374. The van der Waals surface area contributed by atoms with Crippen molar-refractivity contribution in [1.29, 1.82) is 0 Å². The Labute approximate surface area is 110 Å². The zero-order valence-corrected chi connectivity index (χ0v) is 11.4. The van der Waals surface area contributed by atoms with Crippen LogP contribution in [0.5, 0.6) is 0 Å². The van der Waals surface area contributed by atoms with Gasteiger partial charge >= 0.3 is 0 Å². The van der Waals surface area contributed by atoms with Crippen LogP contribution < -0.4 is 5.32 Å². The molecule has 1 aliphatic carbocycles. The highest BCUT2D eigenvalue weighted by molar-refractivity contribution is 5.12. The van der Waals surface area contributed by atoms with Crippen molar-refractivity contribution in [3.8, 4) is 0 Å². The molecule has 0 aliphatic heterocycles. The summed E-state index contributed by atoms with van der Waals surface area (Å²) in [5.74, 6) is 1.41. The van der Waals surface area contributed by atoms with E-state index >= 15 is 0 Å². The Morgan fingerprint density at radius 1 is 1.17 bits per heavy atom. The van der Waals surface area contributed by atoms with Crippen LogP contribution in [0.1, 0.15) is 56.9 Å². The Hall–Kier alpha value is -0.960. The molecule has 1 saturated carbocycles. The van der Waals surface area contributed by atoms with Crippen molar-refractivity contribution < 1.29 is 0 Å². The predicted octanol–water partition coefficient (Wildman–Crippen LogP) is 3.14. The largest absolute Gasteiger partial charge is 0.316 e. The summed E-state index contributed by atoms with van der Waals surface area (Å²) in [6, 6.07) is 0. The SMILES string of the molecule is CCCNCC1CCCCCC1c1cncnc1. The zero-order valence-electron chi connectivity index (χ0n) is 11.4. The van der Waals surface area contributed by atoms with Gasteiger partial charge in [0.25, 0.3) is 0 Å². The smallest absolute Gasteiger partial charge is 0.115 e. The number of nitrogens with one attached hydrogen (secondary N) is 1. The first-order valence-electron chi connectivity index (χ1n) is 7.37. The van der Waals surface area contributed by atoms with Crippen molar-refractivity contribution in [2.24, 2.45) is 5.92 Å². The fourth-order valence-electron chi connectivity index (χ4n) is 3.03. The molecule has 0 saturated heterocycles. The lowest BCUT2D eigenvalue weighted by Gasteiger charge is -2.25. The molecule has 1 fully saturated rings. The summed E-state index contributed by atoms with van der Waals surface area (Å²) in [5, 5.41) is 3.59. The van der Waals surface area contributed by atoms with Crippen LogP contribution in [0, 0.1) is 5.92 Å². The van der Waals surface area contributed by atoms with E-state index < -0.39 is 0 Å². The van der Waals surface area contributed by atoms with Gasteiger partial charge in [-0.2, -0.15) is 0 Å². The molecule has 0 spiro atoms. The van der Waals surface area contributed by atoms with E-state index in [-0.39, 0.29) is 0 Å². The molecule has 18 heavy (non-hydrogen) atoms. The molecule has 2 rings (SSSR count). The maximum Gasteiger partial charge on any atom is 0.115 e. The topological polar surface area (TPSA) is 37.8 Å². The standard InChI is InChI=1S/C15H25N3/c1-2-8-16-9-13-6-4-3-5-7-15(13)14-10-17-12-18-11-14/h10-13,15-16H,2-9H2,1H3. The van der Waals surface area contributed by atoms with Crippen molar-refractivity contribution in [1.82, 2.24) is 15.3 Å². The molecule has 0 aromatic carbocycles. The van der Waals surface area contributed by atoms with E-state index in [1.54, 1.807) is 6.33 Å². The summed E-state index contributed by atoms with van der Waals surface area (Å²) in [5.41, 5.74) is 1.34. The Kier molecular flexibility index (Phi) is 5.59. The van der Waals surface area contributed by atoms with Gasteiger partial charge in [-0.1, -0.05) is 26.2 Å². The maximum atomic E-state index is 4.19. The van der Waals surface area contributed by atoms with Gasteiger partial charge in [0, 0.05) is 12.4 Å². The molecule has 0 radical (unpaired) electrons. The fraction of sp³-hybridized carbons (Fsp3) is 0.733. The normalized spacial score (nSPS) is 24.7. The zero-order chi connectivity index (χ0) is 12.6. The molecule has 0 amide bonds. The Balaban J connectivity index is 2.02. The van der Waals surface area contributed by atoms with Crippen LogP contribution in [0.3, 0.4) is 0 Å². The third-order valence-electron chi connectivity index (χ3n) is 4.00. The fourth-order valence-corrected chi connectivity index (χ4v) is 3.03. The molecule has 1 aromatic rings. The number of hydrogen-bond acceptors (Lipinski definition) is 3. The minimum atomic E-state index is 0.651. The van der Waals surface area contributed by atoms with E-state index in [0.717, 1.165) is 19.0 Å². The summed E-state index contributed by atoms with van der Waals surface area (Å²) < 4.78 is 0. The van der Waals surface area contributed by atoms with E-state index in [1.807, 2.05) is 12.4 Å². The van der Waals surface area contributed by atoms with Crippen molar-refractivity contribution in [3.05, 3.63) is 24.3 Å². The molecule has 2 atom stereocenters. The summed E-state index contributed by atoms with van der Waals surface area (Å²) in [6.45, 7) is 4.50. The molecule has 100 valence electrons. The van der Waals surface area contributed by atoms with Crippen molar-refractivity contribution in [2.75, 3.05) is 13.1 Å². The summed E-state index contributed by atoms with van der Waals surface area (Å²) in [4.78, 5) is 8.38. The predicted molar refractivity (Wildman–Crippen MR) is 74.5 cm³/mol. The van der Waals surface area contributed by atoms with Crippen LogP contribution in [-0.2, 0) is 0 Å². The van der Waals surface area contributed by atoms with Crippen LogP contribution in [0.15, 0.2) is 18.7 Å². The molecule has 1 N–H and O–H groups in total. The van der Waals surface area contributed by atoms with Gasteiger partial charge < -0.3 is 5.32 Å². The average Bonchev–Trinajstić information content (AvgIpc) is 2.66. The molecule has 3 nitrogen and oxygen atoms in total. The molecule has 1 aliphatic rings. The first-order valence-corrected chi connectivity index (χ1v) is 7.37. The van der Waals surface area contributed by atoms with E-state index in [1.165, 1.54) is 44.1 Å². The van der Waals surface area contributed by atoms with Gasteiger partial charge in [-0.05, 0) is 49.8 Å². The van der Waals surface area contributed by atoms with Crippen LogP contribution >= 0.6 is 0 Å². The Bertz CT molecular complexity index is 326. The highest BCUT2D eigenvalue weighted by Gasteiger charge is 2.25. The van der Waals surface area contributed by atoms with Crippen LogP contribution in [0.2, 0.25) is 0 Å². The second kappa shape index (κ2) is 7.47. The Morgan fingerprint density at radius 2 is 1.94 bits per heavy atom. The Morgan fingerprint density at radius 3 is 2.72 bits per heavy atom. The lowest BCUT2D eigenvalue weighted by Crippen LogP contribution is -2.27. The summed E-state index contributed by atoms with van der Waals surface area (Å²) in [6.07, 6.45) is 13.6. The monoisotopic (exact) mass is 247 g/mol. The maximum absolute atomic E-state index is 4.19. The number of hydrogen-bond donors (Lipinski definition) is 1. The van der Waals surface area contributed by atoms with Gasteiger partial charge in [0.2, 0.25) is 0 Å². The van der Waals surface area contributed by atoms with Gasteiger partial charge in [-0.25, -0.2) is 9.97 Å². The van der Waals surface area contributed by atoms with Crippen molar-refractivity contribution in [2.45, 2.75) is 51.4 Å². The van der Waals surface area contributed by atoms with Crippen molar-refractivity contribution in [3.63, 3.8) is 0 Å². The van der Waals surface area contributed by atoms with E-state index in [2.05, 4.69) is 22.2 Å². The average molecular weight is 247 g/mol. The minimum Gasteiger partial charge on any atom is -0.316 e. The van der Waals surface area contributed by atoms with Crippen molar-refractivity contribution >= 4 is 0 Å². The first-order chi connectivity index (χ1) is 8.92. The third-order valence-corrected chi connectivity index (χ3v) is 4.00. The highest BCUT2D eigenvalue weighted by Crippen LogP contribution is 2.35. The van der Waals surface area contributed by atoms with Crippen LogP contribution in [0.4, 0.5) is 0 Å². The number of rotatable bonds is 5. The molecule has 0 bridgehead atoms. The number of nitrogens with zero attached hydrogens (tertiary/aromatic N) is 2. The lowest BCUT2D eigenvalue weighted by atomic mass is 9.83. The minimum absolute atomic E-state index is 0.651. The van der Waals surface area contributed by atoms with E-state index in [0.29, 0.717) is 5.92 Å². The van der Waals surface area contributed by atoms with Gasteiger partial charge in [-0.15, -0.1) is 0 Å². The summed E-state index contributed by atoms with van der Waals surface area (Å²) in [7, 11) is 0. The summed E-state index contributed by atoms with van der Waals surface area (Å²) >= 11 is 0. The molecular weight excluding hydrogens is 222 g/mol. The van der Waals surface area contributed by atoms with Gasteiger partial charge in [-0.3, -0.25) is 0 Å². The second-order valence-corrected chi connectivity index (χ2v) is 5.38. The van der Waals surface area contributed by atoms with Gasteiger partial charge in [0.15, 0.2) is 0 Å². The first kappa shape index (κ1) is 13.5. The quantitative estimate of drug-likeness (QED) is 0.641. The van der Waals surface area contributed by atoms with Crippen LogP contribution in [0.25, 0.3) is 0 Å². The molecular formula is C15H25N3. The molecule has 3 heteroatoms. The number of aromatic nitrogens is 2. The molecule has 2 unspecified atom stereocenters. The second-order valence-electron chi connectivity index (χ2n) is 5.38. The van der Waals surface area contributed by atoms with E-state index in [9.17, 15) is 0 Å². The van der Waals surface area contributed by atoms with Gasteiger partial charge in [0.1, 0.15) is 6.33 Å². The third kappa shape index (κ3) is 3.77. The highest BCUT2D eigenvalue weighted by atomic mass is 14.9. The van der Waals surface area contributed by atoms with Crippen LogP contribution in [-0.4, -0.2) is 23.1 Å². The molecule has 1 heterocycles. The molecule has 1 aromatic heterocycles.